The first-order valence-corrected chi connectivity index (χ1v) is 5.66. The largest absolute Gasteiger partial charge is 0.486 e. The van der Waals surface area contributed by atoms with Crippen LogP contribution in [-0.4, -0.2) is 29.0 Å². The number of ether oxygens (including phenoxy) is 1. The van der Waals surface area contributed by atoms with Crippen LogP contribution >= 0.6 is 0 Å². The molecule has 0 saturated heterocycles. The first-order chi connectivity index (χ1) is 7.26. The van der Waals surface area contributed by atoms with Crippen LogP contribution in [0, 0.1) is 0 Å². The highest BCUT2D eigenvalue weighted by molar-refractivity contribution is 5.12. The lowest BCUT2D eigenvalue weighted by Crippen LogP contribution is -2.29. The topological polar surface area (TPSA) is 39.1 Å². The molecule has 0 spiro atoms. The Hall–Kier alpha value is -1.03. The quantitative estimate of drug-likeness (QED) is 0.697. The molecule has 86 valence electrons. The van der Waals surface area contributed by atoms with E-state index in [4.69, 9.17) is 4.74 Å². The van der Waals surface area contributed by atoms with Crippen LogP contribution < -0.4 is 10.1 Å². The van der Waals surface area contributed by atoms with Gasteiger partial charge in [-0.1, -0.05) is 6.92 Å². The van der Waals surface area contributed by atoms with Crippen molar-refractivity contribution in [3.8, 4) is 5.75 Å². The summed E-state index contributed by atoms with van der Waals surface area (Å²) in [7, 11) is 0. The second kappa shape index (κ2) is 6.45. The highest BCUT2D eigenvalue weighted by Gasteiger charge is 2.04. The van der Waals surface area contributed by atoms with Crippen LogP contribution in [0.4, 0.5) is 0 Å². The van der Waals surface area contributed by atoms with Crippen LogP contribution in [0.5, 0.6) is 5.75 Å². The van der Waals surface area contributed by atoms with E-state index in [2.05, 4.69) is 31.2 Å². The van der Waals surface area contributed by atoms with E-state index in [1.807, 2.05) is 10.9 Å². The van der Waals surface area contributed by atoms with Crippen molar-refractivity contribution in [1.29, 1.82) is 0 Å². The zero-order valence-corrected chi connectivity index (χ0v) is 9.86. The SMILES string of the molecule is CCCNCC(C)Oc1cnn(CC)c1. The molecule has 0 amide bonds. The lowest BCUT2D eigenvalue weighted by Gasteiger charge is -2.13. The average molecular weight is 211 g/mol. The van der Waals surface area contributed by atoms with Gasteiger partial charge in [-0.25, -0.2) is 0 Å². The van der Waals surface area contributed by atoms with Gasteiger partial charge in [-0.15, -0.1) is 0 Å². The highest BCUT2D eigenvalue weighted by Crippen LogP contribution is 2.09. The van der Waals surface area contributed by atoms with Crippen LogP contribution in [0.25, 0.3) is 0 Å². The van der Waals surface area contributed by atoms with Crippen molar-refractivity contribution >= 4 is 0 Å². The molecule has 0 aliphatic rings. The number of nitrogens with one attached hydrogen (secondary N) is 1. The molecule has 4 heteroatoms. The zero-order valence-electron chi connectivity index (χ0n) is 9.86. The molecule has 1 unspecified atom stereocenters. The van der Waals surface area contributed by atoms with E-state index in [9.17, 15) is 0 Å². The van der Waals surface area contributed by atoms with Crippen molar-refractivity contribution in [2.45, 2.75) is 39.8 Å². The summed E-state index contributed by atoms with van der Waals surface area (Å²) in [6.07, 6.45) is 5.03. The molecule has 1 N–H and O–H groups in total. The molecule has 0 bridgehead atoms. The van der Waals surface area contributed by atoms with Crippen molar-refractivity contribution in [2.75, 3.05) is 13.1 Å². The maximum Gasteiger partial charge on any atom is 0.157 e. The van der Waals surface area contributed by atoms with Crippen LogP contribution in [0.1, 0.15) is 27.2 Å². The third-order valence-electron chi connectivity index (χ3n) is 2.13. The maximum absolute atomic E-state index is 5.70. The minimum absolute atomic E-state index is 0.186. The van der Waals surface area contributed by atoms with Crippen LogP contribution in [0.2, 0.25) is 0 Å². The van der Waals surface area contributed by atoms with Gasteiger partial charge in [0, 0.05) is 13.1 Å². The van der Waals surface area contributed by atoms with Crippen molar-refractivity contribution in [2.24, 2.45) is 0 Å². The smallest absolute Gasteiger partial charge is 0.157 e. The fraction of sp³-hybridized carbons (Fsp3) is 0.727. The van der Waals surface area contributed by atoms with Gasteiger partial charge in [0.2, 0.25) is 0 Å². The van der Waals surface area contributed by atoms with Gasteiger partial charge in [0.15, 0.2) is 5.75 Å². The van der Waals surface area contributed by atoms with E-state index >= 15 is 0 Å². The Bertz CT molecular complexity index is 273. The molecule has 1 heterocycles. The Morgan fingerprint density at radius 2 is 2.33 bits per heavy atom. The van der Waals surface area contributed by atoms with E-state index in [-0.39, 0.29) is 6.10 Å². The van der Waals surface area contributed by atoms with Gasteiger partial charge in [-0.3, -0.25) is 4.68 Å². The molecule has 0 fully saturated rings. The van der Waals surface area contributed by atoms with E-state index in [0.29, 0.717) is 0 Å². The fourth-order valence-corrected chi connectivity index (χ4v) is 1.33. The maximum atomic E-state index is 5.70. The van der Waals surface area contributed by atoms with Gasteiger partial charge in [0.1, 0.15) is 6.10 Å². The first-order valence-electron chi connectivity index (χ1n) is 5.66. The summed E-state index contributed by atoms with van der Waals surface area (Å²) in [5, 5.41) is 7.48. The summed E-state index contributed by atoms with van der Waals surface area (Å²) in [6, 6.07) is 0. The number of rotatable bonds is 7. The molecule has 0 aliphatic heterocycles. The molecule has 1 atom stereocenters. The summed E-state index contributed by atoms with van der Waals surface area (Å²) >= 11 is 0. The number of aryl methyl sites for hydroxylation is 1. The first kappa shape index (κ1) is 12.0. The van der Waals surface area contributed by atoms with E-state index in [0.717, 1.165) is 31.8 Å². The molecule has 4 nitrogen and oxygen atoms in total. The number of nitrogens with zero attached hydrogens (tertiary/aromatic N) is 2. The molecule has 0 radical (unpaired) electrons. The predicted molar refractivity (Wildman–Crippen MR) is 61.2 cm³/mol. The molecule has 1 aromatic rings. The Kier molecular flexibility index (Phi) is 5.18. The minimum Gasteiger partial charge on any atom is -0.486 e. The van der Waals surface area contributed by atoms with Gasteiger partial charge in [0.25, 0.3) is 0 Å². The number of aromatic nitrogens is 2. The second-order valence-corrected chi connectivity index (χ2v) is 3.66. The third kappa shape index (κ3) is 4.34. The van der Waals surface area contributed by atoms with Crippen molar-refractivity contribution in [3.63, 3.8) is 0 Å². The molecular weight excluding hydrogens is 190 g/mol. The van der Waals surface area contributed by atoms with Crippen LogP contribution in [-0.2, 0) is 6.54 Å². The Morgan fingerprint density at radius 3 is 2.93 bits per heavy atom. The Balaban J connectivity index is 2.27. The van der Waals surface area contributed by atoms with Gasteiger partial charge >= 0.3 is 0 Å². The molecule has 15 heavy (non-hydrogen) atoms. The monoisotopic (exact) mass is 211 g/mol. The van der Waals surface area contributed by atoms with Crippen molar-refractivity contribution in [3.05, 3.63) is 12.4 Å². The lowest BCUT2D eigenvalue weighted by molar-refractivity contribution is 0.217. The fourth-order valence-electron chi connectivity index (χ4n) is 1.33. The Morgan fingerprint density at radius 1 is 1.53 bits per heavy atom. The van der Waals surface area contributed by atoms with Crippen LogP contribution in [0.15, 0.2) is 12.4 Å². The highest BCUT2D eigenvalue weighted by atomic mass is 16.5. The molecule has 0 aromatic carbocycles. The van der Waals surface area contributed by atoms with Gasteiger partial charge < -0.3 is 10.1 Å². The standard InChI is InChI=1S/C11H21N3O/c1-4-6-12-7-10(3)15-11-8-13-14(5-2)9-11/h8-10,12H,4-7H2,1-3H3. The molecule has 0 saturated carbocycles. The summed E-state index contributed by atoms with van der Waals surface area (Å²) in [4.78, 5) is 0. The molecule has 1 rings (SSSR count). The van der Waals surface area contributed by atoms with E-state index in [1.54, 1.807) is 6.20 Å². The van der Waals surface area contributed by atoms with Crippen molar-refractivity contribution < 1.29 is 4.74 Å². The Labute approximate surface area is 91.6 Å². The summed E-state index contributed by atoms with van der Waals surface area (Å²) in [5.74, 6) is 0.850. The normalized spacial score (nSPS) is 12.7. The number of hydrogen-bond donors (Lipinski definition) is 1. The van der Waals surface area contributed by atoms with Crippen molar-refractivity contribution in [1.82, 2.24) is 15.1 Å². The van der Waals surface area contributed by atoms with E-state index < -0.39 is 0 Å². The molecule has 1 aromatic heterocycles. The lowest BCUT2D eigenvalue weighted by atomic mass is 10.4. The summed E-state index contributed by atoms with van der Waals surface area (Å²) in [6.45, 7) is 9.08. The summed E-state index contributed by atoms with van der Waals surface area (Å²) in [5.41, 5.74) is 0. The van der Waals surface area contributed by atoms with Gasteiger partial charge in [-0.2, -0.15) is 5.10 Å². The van der Waals surface area contributed by atoms with Gasteiger partial charge in [-0.05, 0) is 26.8 Å². The molecule has 0 aliphatic carbocycles. The second-order valence-electron chi connectivity index (χ2n) is 3.66. The predicted octanol–water partition coefficient (Wildman–Crippen LogP) is 1.67. The van der Waals surface area contributed by atoms with Gasteiger partial charge in [0.05, 0.1) is 12.4 Å². The average Bonchev–Trinajstić information content (AvgIpc) is 2.66. The summed E-state index contributed by atoms with van der Waals surface area (Å²) < 4.78 is 7.56. The van der Waals surface area contributed by atoms with E-state index in [1.165, 1.54) is 0 Å². The molecular formula is C11H21N3O. The number of hydrogen-bond acceptors (Lipinski definition) is 3. The zero-order chi connectivity index (χ0) is 11.1. The van der Waals surface area contributed by atoms with Crippen LogP contribution in [0.3, 0.4) is 0 Å². The minimum atomic E-state index is 0.186. The third-order valence-corrected chi connectivity index (χ3v) is 2.13.